The summed E-state index contributed by atoms with van der Waals surface area (Å²) in [6, 6.07) is 7.74. The SMILES string of the molecule is CC(N)(C(=O)N1CCC(CN2CCCC2)C1)c1ccc(Br)cc1.Cl.Cl. The predicted molar refractivity (Wildman–Crippen MR) is 111 cm³/mol. The molecule has 2 saturated heterocycles. The number of hydrogen-bond donors (Lipinski definition) is 1. The number of hydrogen-bond acceptors (Lipinski definition) is 3. The zero-order valence-electron chi connectivity index (χ0n) is 14.6. The molecular formula is C18H28BrCl2N3O. The highest BCUT2D eigenvalue weighted by Crippen LogP contribution is 2.27. The lowest BCUT2D eigenvalue weighted by Crippen LogP contribution is -2.50. The summed E-state index contributed by atoms with van der Waals surface area (Å²) in [5.41, 5.74) is 6.32. The van der Waals surface area contributed by atoms with Gasteiger partial charge >= 0.3 is 0 Å². The van der Waals surface area contributed by atoms with Gasteiger partial charge in [-0.05, 0) is 62.9 Å². The normalized spacial score (nSPS) is 22.8. The Labute approximate surface area is 171 Å². The van der Waals surface area contributed by atoms with Crippen LogP contribution in [0.5, 0.6) is 0 Å². The van der Waals surface area contributed by atoms with Crippen molar-refractivity contribution in [2.24, 2.45) is 11.7 Å². The van der Waals surface area contributed by atoms with E-state index in [0.717, 1.165) is 36.1 Å². The Morgan fingerprint density at radius 3 is 2.40 bits per heavy atom. The summed E-state index contributed by atoms with van der Waals surface area (Å²) in [7, 11) is 0. The second-order valence-corrected chi connectivity index (χ2v) is 8.04. The predicted octanol–water partition coefficient (Wildman–Crippen LogP) is 3.41. The van der Waals surface area contributed by atoms with Crippen LogP contribution in [0.3, 0.4) is 0 Å². The second kappa shape index (κ2) is 9.56. The summed E-state index contributed by atoms with van der Waals surface area (Å²) in [4.78, 5) is 17.4. The van der Waals surface area contributed by atoms with Crippen molar-refractivity contribution in [3.8, 4) is 0 Å². The average Bonchev–Trinajstić information content (AvgIpc) is 3.19. The maximum absolute atomic E-state index is 12.9. The zero-order chi connectivity index (χ0) is 16.4. The highest BCUT2D eigenvalue weighted by molar-refractivity contribution is 9.10. The van der Waals surface area contributed by atoms with Gasteiger partial charge in [-0.3, -0.25) is 4.79 Å². The van der Waals surface area contributed by atoms with Crippen LogP contribution in [-0.4, -0.2) is 48.4 Å². The number of carbonyl (C=O) groups is 1. The molecule has 2 N–H and O–H groups in total. The minimum Gasteiger partial charge on any atom is -0.340 e. The van der Waals surface area contributed by atoms with E-state index in [4.69, 9.17) is 5.73 Å². The van der Waals surface area contributed by atoms with Crippen LogP contribution in [0.4, 0.5) is 0 Å². The third-order valence-corrected chi connectivity index (χ3v) is 5.70. The molecule has 7 heteroatoms. The first-order valence-electron chi connectivity index (χ1n) is 8.53. The van der Waals surface area contributed by atoms with E-state index in [1.165, 1.54) is 25.9 Å². The van der Waals surface area contributed by atoms with Gasteiger partial charge in [0.25, 0.3) is 0 Å². The van der Waals surface area contributed by atoms with Crippen LogP contribution in [0, 0.1) is 5.92 Å². The van der Waals surface area contributed by atoms with Crippen molar-refractivity contribution >= 4 is 46.7 Å². The highest BCUT2D eigenvalue weighted by atomic mass is 79.9. The molecular weight excluding hydrogens is 425 g/mol. The van der Waals surface area contributed by atoms with Gasteiger partial charge in [-0.15, -0.1) is 24.8 Å². The van der Waals surface area contributed by atoms with Crippen LogP contribution >= 0.6 is 40.7 Å². The van der Waals surface area contributed by atoms with Gasteiger partial charge in [0.15, 0.2) is 0 Å². The molecule has 2 aliphatic heterocycles. The third-order valence-electron chi connectivity index (χ3n) is 5.18. The minimum absolute atomic E-state index is 0. The van der Waals surface area contributed by atoms with Crippen molar-refractivity contribution in [2.45, 2.75) is 31.7 Å². The van der Waals surface area contributed by atoms with Crippen LogP contribution in [0.2, 0.25) is 0 Å². The quantitative estimate of drug-likeness (QED) is 0.761. The first-order chi connectivity index (χ1) is 11.0. The van der Waals surface area contributed by atoms with Crippen LogP contribution in [-0.2, 0) is 10.3 Å². The molecule has 4 nitrogen and oxygen atoms in total. The fourth-order valence-corrected chi connectivity index (χ4v) is 4.01. The zero-order valence-corrected chi connectivity index (χ0v) is 17.8. The number of likely N-dealkylation sites (tertiary alicyclic amines) is 2. The van der Waals surface area contributed by atoms with Gasteiger partial charge < -0.3 is 15.5 Å². The maximum Gasteiger partial charge on any atom is 0.246 e. The fourth-order valence-electron chi connectivity index (χ4n) is 3.74. The van der Waals surface area contributed by atoms with Gasteiger partial charge in [-0.25, -0.2) is 0 Å². The summed E-state index contributed by atoms with van der Waals surface area (Å²) in [5, 5.41) is 0. The summed E-state index contributed by atoms with van der Waals surface area (Å²) in [6.45, 7) is 7.07. The van der Waals surface area contributed by atoms with Gasteiger partial charge in [0.05, 0.1) is 0 Å². The van der Waals surface area contributed by atoms with E-state index in [1.54, 1.807) is 0 Å². The lowest BCUT2D eigenvalue weighted by atomic mass is 9.92. The molecule has 1 aromatic carbocycles. The van der Waals surface area contributed by atoms with E-state index in [9.17, 15) is 4.79 Å². The van der Waals surface area contributed by atoms with Gasteiger partial charge in [0.1, 0.15) is 5.54 Å². The van der Waals surface area contributed by atoms with E-state index in [0.29, 0.717) is 5.92 Å². The first-order valence-corrected chi connectivity index (χ1v) is 9.33. The van der Waals surface area contributed by atoms with Gasteiger partial charge in [-0.2, -0.15) is 0 Å². The van der Waals surface area contributed by atoms with Crippen molar-refractivity contribution in [3.05, 3.63) is 34.3 Å². The van der Waals surface area contributed by atoms with Crippen molar-refractivity contribution < 1.29 is 4.79 Å². The maximum atomic E-state index is 12.9. The van der Waals surface area contributed by atoms with Crippen LogP contribution in [0.1, 0.15) is 31.7 Å². The molecule has 2 atom stereocenters. The minimum atomic E-state index is -0.955. The molecule has 1 aromatic rings. The number of carbonyl (C=O) groups excluding carboxylic acids is 1. The molecule has 2 heterocycles. The molecule has 1 amide bonds. The molecule has 0 aromatic heterocycles. The Balaban J connectivity index is 0.00000156. The van der Waals surface area contributed by atoms with Crippen molar-refractivity contribution in [3.63, 3.8) is 0 Å². The van der Waals surface area contributed by atoms with Crippen LogP contribution in [0.15, 0.2) is 28.7 Å². The Kier molecular flexibility index (Phi) is 8.69. The molecule has 2 aliphatic rings. The lowest BCUT2D eigenvalue weighted by molar-refractivity contribution is -0.135. The van der Waals surface area contributed by atoms with Gasteiger partial charge in [-0.1, -0.05) is 28.1 Å². The smallest absolute Gasteiger partial charge is 0.246 e. The summed E-state index contributed by atoms with van der Waals surface area (Å²) in [5.74, 6) is 0.640. The molecule has 3 rings (SSSR count). The Morgan fingerprint density at radius 1 is 1.20 bits per heavy atom. The Bertz CT molecular complexity index is 562. The van der Waals surface area contributed by atoms with Crippen LogP contribution < -0.4 is 5.73 Å². The lowest BCUT2D eigenvalue weighted by Gasteiger charge is -2.30. The highest BCUT2D eigenvalue weighted by Gasteiger charge is 2.38. The summed E-state index contributed by atoms with van der Waals surface area (Å²) < 4.78 is 0.997. The molecule has 25 heavy (non-hydrogen) atoms. The number of rotatable bonds is 4. The van der Waals surface area contributed by atoms with Gasteiger partial charge in [0.2, 0.25) is 5.91 Å². The van der Waals surface area contributed by atoms with E-state index in [-0.39, 0.29) is 30.7 Å². The molecule has 2 fully saturated rings. The molecule has 0 spiro atoms. The number of benzene rings is 1. The Morgan fingerprint density at radius 2 is 1.80 bits per heavy atom. The van der Waals surface area contributed by atoms with Crippen molar-refractivity contribution in [1.82, 2.24) is 9.80 Å². The van der Waals surface area contributed by atoms with Crippen molar-refractivity contribution in [2.75, 3.05) is 32.7 Å². The van der Waals surface area contributed by atoms with E-state index < -0.39 is 5.54 Å². The van der Waals surface area contributed by atoms with Crippen molar-refractivity contribution in [1.29, 1.82) is 0 Å². The molecule has 2 unspecified atom stereocenters. The van der Waals surface area contributed by atoms with E-state index >= 15 is 0 Å². The number of halogens is 3. The number of amides is 1. The monoisotopic (exact) mass is 451 g/mol. The largest absolute Gasteiger partial charge is 0.340 e. The Hall–Kier alpha value is -0.330. The first kappa shape index (κ1) is 22.7. The molecule has 0 radical (unpaired) electrons. The van der Waals surface area contributed by atoms with E-state index in [2.05, 4.69) is 20.8 Å². The third kappa shape index (κ3) is 5.33. The molecule has 142 valence electrons. The molecule has 0 aliphatic carbocycles. The summed E-state index contributed by atoms with van der Waals surface area (Å²) >= 11 is 3.42. The fraction of sp³-hybridized carbons (Fsp3) is 0.611. The second-order valence-electron chi connectivity index (χ2n) is 7.12. The summed E-state index contributed by atoms with van der Waals surface area (Å²) in [6.07, 6.45) is 3.73. The topological polar surface area (TPSA) is 49.6 Å². The van der Waals surface area contributed by atoms with E-state index in [1.807, 2.05) is 36.1 Å². The number of nitrogens with two attached hydrogens (primary N) is 1. The molecule has 0 bridgehead atoms. The van der Waals surface area contributed by atoms with Gasteiger partial charge in [0, 0.05) is 24.1 Å². The van der Waals surface area contributed by atoms with Crippen LogP contribution in [0.25, 0.3) is 0 Å². The standard InChI is InChI=1S/C18H26BrN3O.2ClH/c1-18(20,15-4-6-16(19)7-5-15)17(23)22-11-8-14(13-22)12-21-9-2-3-10-21;;/h4-7,14H,2-3,8-13,20H2,1H3;2*1H. The number of nitrogens with zero attached hydrogens (tertiary/aromatic N) is 2. The molecule has 0 saturated carbocycles. The average molecular weight is 453 g/mol.